The van der Waals surface area contributed by atoms with Crippen molar-refractivity contribution in [1.29, 1.82) is 0 Å². The zero-order valence-electron chi connectivity index (χ0n) is 42.0. The number of nitrogens with one attached hydrogen (secondary N) is 2. The van der Waals surface area contributed by atoms with E-state index < -0.39 is 26.3 Å². The lowest BCUT2D eigenvalue weighted by atomic mass is 9.78. The van der Waals surface area contributed by atoms with Crippen molar-refractivity contribution >= 4 is 36.7 Å². The molecular weight excluding hydrogens is 999 g/mol. The third-order valence-corrected chi connectivity index (χ3v) is 19.6. The molecule has 0 aliphatic carbocycles. The number of phenols is 2. The quantitative estimate of drug-likeness (QED) is 0.0780. The number of fused-ring (bicyclic) bond motifs is 6. The molecule has 4 unspecified atom stereocenters. The fourth-order valence-corrected chi connectivity index (χ4v) is 15.6. The van der Waals surface area contributed by atoms with E-state index in [4.69, 9.17) is 18.5 Å². The normalized spacial score (nSPS) is 16.9. The molecule has 0 bridgehead atoms. The van der Waals surface area contributed by atoms with Gasteiger partial charge in [-0.3, -0.25) is 9.13 Å². The Balaban J connectivity index is 0.710. The van der Waals surface area contributed by atoms with Gasteiger partial charge in [0.2, 0.25) is 0 Å². The van der Waals surface area contributed by atoms with E-state index in [9.17, 15) is 10.2 Å². The summed E-state index contributed by atoms with van der Waals surface area (Å²) in [5.74, 6) is 1.80. The van der Waals surface area contributed by atoms with Crippen molar-refractivity contribution in [2.24, 2.45) is 0 Å². The molecule has 0 fully saturated rings. The summed E-state index contributed by atoms with van der Waals surface area (Å²) in [7, 11) is -7.49. The highest BCUT2D eigenvalue weighted by Crippen LogP contribution is 2.66. The highest BCUT2D eigenvalue weighted by Gasteiger charge is 2.46. The van der Waals surface area contributed by atoms with Crippen LogP contribution in [0.3, 0.4) is 0 Å². The Morgan fingerprint density at radius 3 is 1.08 bits per heavy atom. The van der Waals surface area contributed by atoms with Crippen LogP contribution in [0.1, 0.15) is 47.7 Å². The standard InChI is InChI=1S/C65H52N2O8P2/c1-65(2,43-27-35-47(36-28-43)72-49-39-31-45(32-40-49)66-63(55-19-3-9-21-57(55)68)76(70)61-25-13-7-17-53(61)51-15-5-11-23-59(51)74-76)44-29-37-48(38-30-44)73-50-41-33-46(34-42-50)67-64(56-20-4-10-22-58(56)69)77(71)62-26-14-8-18-54(62)52-16-6-12-24-60(52)75-77/h3-42,63-64,66-69H,1-2H3. The molecule has 10 aromatic rings. The Hall–Kier alpha value is -8.94. The number of hydrogen-bond acceptors (Lipinski definition) is 10. The van der Waals surface area contributed by atoms with E-state index in [-0.39, 0.29) is 16.9 Å². The molecule has 2 aliphatic rings. The van der Waals surface area contributed by atoms with Crippen molar-refractivity contribution in [3.8, 4) is 68.2 Å². The summed E-state index contributed by atoms with van der Waals surface area (Å²) in [6, 6.07) is 75.1. The minimum Gasteiger partial charge on any atom is -0.508 e. The van der Waals surface area contributed by atoms with Gasteiger partial charge in [-0.15, -0.1) is 0 Å². The number of phenolic OH excluding ortho intramolecular Hbond substituents is 2. The summed E-state index contributed by atoms with van der Waals surface area (Å²) in [6.45, 7) is 4.35. The molecule has 10 nitrogen and oxygen atoms in total. The van der Waals surface area contributed by atoms with Crippen LogP contribution >= 0.6 is 14.7 Å². The molecule has 10 aromatic carbocycles. The fourth-order valence-electron chi connectivity index (χ4n) is 10.3. The SMILES string of the molecule is CC(C)(c1ccc(Oc2ccc(NC(c3ccccc3O)P3(=O)Oc4ccccc4-c4ccccc43)cc2)cc1)c1ccc(Oc2ccc(NC(c3ccccc3O)P3(=O)Oc4ccccc4-c4ccccc43)cc2)cc1. The Morgan fingerprint density at radius 1 is 0.390 bits per heavy atom. The topological polar surface area (TPSA) is 136 Å². The Bertz CT molecular complexity index is 3650. The van der Waals surface area contributed by atoms with Gasteiger partial charge in [0.05, 0.1) is 10.6 Å². The van der Waals surface area contributed by atoms with Crippen molar-refractivity contribution in [3.05, 3.63) is 265 Å². The Morgan fingerprint density at radius 2 is 0.701 bits per heavy atom. The summed E-state index contributed by atoms with van der Waals surface area (Å²) >= 11 is 0. The van der Waals surface area contributed by atoms with Gasteiger partial charge < -0.3 is 39.4 Å². The van der Waals surface area contributed by atoms with E-state index in [1.54, 1.807) is 36.4 Å². The number of aromatic hydroxyl groups is 2. The number of anilines is 2. The molecule has 2 aliphatic heterocycles. The van der Waals surface area contributed by atoms with Gasteiger partial charge in [-0.2, -0.15) is 0 Å². The first-order valence-corrected chi connectivity index (χ1v) is 28.7. The Kier molecular flexibility index (Phi) is 12.7. The second-order valence-corrected chi connectivity index (χ2v) is 24.3. The number of rotatable bonds is 14. The molecule has 4 atom stereocenters. The average molecular weight is 1050 g/mol. The maximum absolute atomic E-state index is 15.4. The molecule has 0 radical (unpaired) electrons. The van der Waals surface area contributed by atoms with Crippen LogP contribution in [0, 0.1) is 0 Å². The van der Waals surface area contributed by atoms with E-state index in [0.29, 0.717) is 67.6 Å². The third-order valence-electron chi connectivity index (χ3n) is 14.4. The molecule has 0 saturated heterocycles. The second kappa shape index (κ2) is 20.0. The minimum atomic E-state index is -3.74. The monoisotopic (exact) mass is 1050 g/mol. The van der Waals surface area contributed by atoms with E-state index >= 15 is 9.13 Å². The first kappa shape index (κ1) is 49.0. The molecule has 0 amide bonds. The van der Waals surface area contributed by atoms with Gasteiger partial charge in [0, 0.05) is 39.0 Å². The summed E-state index contributed by atoms with van der Waals surface area (Å²) in [6.07, 6.45) is 0. The van der Waals surface area contributed by atoms with Gasteiger partial charge in [0.1, 0.15) is 57.6 Å². The van der Waals surface area contributed by atoms with Crippen molar-refractivity contribution < 1.29 is 37.9 Å². The van der Waals surface area contributed by atoms with Crippen LogP contribution in [0.2, 0.25) is 0 Å². The highest BCUT2D eigenvalue weighted by molar-refractivity contribution is 7.68. The van der Waals surface area contributed by atoms with Crippen molar-refractivity contribution in [3.63, 3.8) is 0 Å². The van der Waals surface area contributed by atoms with Gasteiger partial charge in [0.25, 0.3) is 0 Å². The van der Waals surface area contributed by atoms with Gasteiger partial charge in [-0.05, 0) is 131 Å². The number of benzene rings is 10. The molecule has 0 spiro atoms. The molecule has 0 saturated carbocycles. The van der Waals surface area contributed by atoms with E-state index in [1.807, 2.05) is 182 Å². The van der Waals surface area contributed by atoms with Crippen molar-refractivity contribution in [2.75, 3.05) is 10.6 Å². The summed E-state index contributed by atoms with van der Waals surface area (Å²) < 4.78 is 56.3. The predicted octanol–water partition coefficient (Wildman–Crippen LogP) is 16.6. The largest absolute Gasteiger partial charge is 0.508 e. The van der Waals surface area contributed by atoms with E-state index in [0.717, 1.165) is 33.4 Å². The van der Waals surface area contributed by atoms with E-state index in [2.05, 4.69) is 48.7 Å². The van der Waals surface area contributed by atoms with Gasteiger partial charge in [-0.1, -0.05) is 147 Å². The van der Waals surface area contributed by atoms with Crippen molar-refractivity contribution in [1.82, 2.24) is 0 Å². The molecule has 4 N–H and O–H groups in total. The minimum absolute atomic E-state index is 0.00940. The zero-order valence-corrected chi connectivity index (χ0v) is 43.8. The maximum atomic E-state index is 15.4. The Labute approximate surface area is 447 Å². The van der Waals surface area contributed by atoms with E-state index in [1.165, 1.54) is 0 Å². The van der Waals surface area contributed by atoms with Crippen LogP contribution in [-0.4, -0.2) is 10.2 Å². The second-order valence-electron chi connectivity index (χ2n) is 19.5. The fraction of sp³-hybridized carbons (Fsp3) is 0.0769. The van der Waals surface area contributed by atoms with Crippen LogP contribution in [0.5, 0.6) is 46.0 Å². The van der Waals surface area contributed by atoms with Gasteiger partial charge in [0.15, 0.2) is 0 Å². The maximum Gasteiger partial charge on any atom is 0.304 e. The van der Waals surface area contributed by atoms with Gasteiger partial charge >= 0.3 is 14.7 Å². The molecule has 380 valence electrons. The summed E-state index contributed by atoms with van der Waals surface area (Å²) in [4.78, 5) is 0. The highest BCUT2D eigenvalue weighted by atomic mass is 31.2. The van der Waals surface area contributed by atoms with Crippen LogP contribution in [0.25, 0.3) is 22.3 Å². The molecule has 12 rings (SSSR count). The molecule has 0 aromatic heterocycles. The van der Waals surface area contributed by atoms with Crippen molar-refractivity contribution in [2.45, 2.75) is 30.8 Å². The zero-order chi connectivity index (χ0) is 52.7. The molecule has 2 heterocycles. The lowest BCUT2D eigenvalue weighted by Crippen LogP contribution is -2.26. The third kappa shape index (κ3) is 9.26. The first-order valence-electron chi connectivity index (χ1n) is 25.3. The average Bonchev–Trinajstić information content (AvgIpc) is 3.49. The number of hydrogen-bond donors (Lipinski definition) is 4. The summed E-state index contributed by atoms with van der Waals surface area (Å²) in [5, 5.41) is 30.3. The molecular formula is C65H52N2O8P2. The number of para-hydroxylation sites is 4. The van der Waals surface area contributed by atoms with Crippen LogP contribution in [0.15, 0.2) is 243 Å². The first-order chi connectivity index (χ1) is 37.4. The number of ether oxygens (including phenoxy) is 2. The van der Waals surface area contributed by atoms with Crippen LogP contribution < -0.4 is 39.8 Å². The van der Waals surface area contributed by atoms with Crippen LogP contribution in [0.4, 0.5) is 11.4 Å². The molecule has 77 heavy (non-hydrogen) atoms. The lowest BCUT2D eigenvalue weighted by Gasteiger charge is -2.35. The predicted molar refractivity (Wildman–Crippen MR) is 306 cm³/mol. The van der Waals surface area contributed by atoms with Crippen LogP contribution in [-0.2, 0) is 14.5 Å². The van der Waals surface area contributed by atoms with Gasteiger partial charge in [-0.25, -0.2) is 0 Å². The summed E-state index contributed by atoms with van der Waals surface area (Å²) in [5.41, 5.74) is 7.47. The smallest absolute Gasteiger partial charge is 0.304 e. The lowest BCUT2D eigenvalue weighted by molar-refractivity contribution is 0.458. The molecule has 12 heteroatoms.